The zero-order chi connectivity index (χ0) is 17.1. The van der Waals surface area contributed by atoms with E-state index >= 15 is 0 Å². The SMILES string of the molecule is CN(C)c1ccc(/C=c2/sc3ccccc3c2=C(C#N)C#N)cc1. The van der Waals surface area contributed by atoms with Crippen molar-refractivity contribution in [2.24, 2.45) is 0 Å². The highest BCUT2D eigenvalue weighted by molar-refractivity contribution is 7.17. The molecule has 0 aliphatic rings. The number of anilines is 1. The third-order valence-electron chi connectivity index (χ3n) is 3.80. The van der Waals surface area contributed by atoms with E-state index in [1.807, 2.05) is 73.6 Å². The monoisotopic (exact) mass is 329 g/mol. The topological polar surface area (TPSA) is 50.8 Å². The molecule has 0 fully saturated rings. The lowest BCUT2D eigenvalue weighted by Gasteiger charge is -2.11. The van der Waals surface area contributed by atoms with Crippen molar-refractivity contribution in [3.05, 3.63) is 63.8 Å². The van der Waals surface area contributed by atoms with Gasteiger partial charge in [-0.25, -0.2) is 0 Å². The number of thiophene rings is 1. The first kappa shape index (κ1) is 15.8. The summed E-state index contributed by atoms with van der Waals surface area (Å²) in [4.78, 5) is 2.05. The third kappa shape index (κ3) is 2.88. The van der Waals surface area contributed by atoms with E-state index in [9.17, 15) is 10.5 Å². The zero-order valence-electron chi connectivity index (χ0n) is 13.4. The molecule has 3 rings (SSSR count). The van der Waals surface area contributed by atoms with Crippen LogP contribution < -0.4 is 14.7 Å². The Morgan fingerprint density at radius 1 is 1.00 bits per heavy atom. The largest absolute Gasteiger partial charge is 0.378 e. The summed E-state index contributed by atoms with van der Waals surface area (Å²) in [7, 11) is 4.01. The minimum absolute atomic E-state index is 0.156. The molecule has 1 heterocycles. The Morgan fingerprint density at radius 2 is 1.67 bits per heavy atom. The molecule has 2 aromatic carbocycles. The van der Waals surface area contributed by atoms with Gasteiger partial charge in [0.25, 0.3) is 0 Å². The predicted octanol–water partition coefficient (Wildman–Crippen LogP) is 2.99. The molecule has 1 aromatic heterocycles. The molecule has 0 aliphatic heterocycles. The van der Waals surface area contributed by atoms with Gasteiger partial charge in [-0.3, -0.25) is 0 Å². The van der Waals surface area contributed by atoms with Crippen molar-refractivity contribution in [2.45, 2.75) is 0 Å². The van der Waals surface area contributed by atoms with Gasteiger partial charge in [0.2, 0.25) is 0 Å². The Morgan fingerprint density at radius 3 is 2.29 bits per heavy atom. The predicted molar refractivity (Wildman–Crippen MR) is 100 cm³/mol. The number of hydrogen-bond acceptors (Lipinski definition) is 4. The molecule has 0 unspecified atom stereocenters. The Kier molecular flexibility index (Phi) is 4.33. The maximum atomic E-state index is 9.32. The minimum atomic E-state index is 0.156. The van der Waals surface area contributed by atoms with Crippen LogP contribution in [0.2, 0.25) is 0 Å². The van der Waals surface area contributed by atoms with Gasteiger partial charge >= 0.3 is 0 Å². The lowest BCUT2D eigenvalue weighted by Crippen LogP contribution is -2.21. The second-order valence-electron chi connectivity index (χ2n) is 5.57. The molecule has 0 spiro atoms. The van der Waals surface area contributed by atoms with Gasteiger partial charge in [-0.2, -0.15) is 10.5 Å². The Bertz CT molecular complexity index is 1070. The van der Waals surface area contributed by atoms with Gasteiger partial charge in [0.1, 0.15) is 17.7 Å². The fourth-order valence-electron chi connectivity index (χ4n) is 2.58. The van der Waals surface area contributed by atoms with Crippen LogP contribution in [-0.4, -0.2) is 14.1 Å². The number of nitrogens with zero attached hydrogens (tertiary/aromatic N) is 3. The highest BCUT2D eigenvalue weighted by atomic mass is 32.1. The highest BCUT2D eigenvalue weighted by Crippen LogP contribution is 2.15. The van der Waals surface area contributed by atoms with Crippen LogP contribution in [0.4, 0.5) is 5.69 Å². The molecule has 0 radical (unpaired) electrons. The summed E-state index contributed by atoms with van der Waals surface area (Å²) in [6.45, 7) is 0. The fraction of sp³-hybridized carbons (Fsp3) is 0.100. The molecule has 0 atom stereocenters. The van der Waals surface area contributed by atoms with Gasteiger partial charge in [-0.1, -0.05) is 30.3 Å². The number of hydrogen-bond donors (Lipinski definition) is 0. The lowest BCUT2D eigenvalue weighted by atomic mass is 10.1. The van der Waals surface area contributed by atoms with E-state index in [4.69, 9.17) is 0 Å². The minimum Gasteiger partial charge on any atom is -0.378 e. The molecule has 0 saturated carbocycles. The van der Waals surface area contributed by atoms with Gasteiger partial charge < -0.3 is 4.90 Å². The smallest absolute Gasteiger partial charge is 0.138 e. The molecule has 0 amide bonds. The van der Waals surface area contributed by atoms with Crippen LogP contribution in [0.3, 0.4) is 0 Å². The van der Waals surface area contributed by atoms with Crippen molar-refractivity contribution in [2.75, 3.05) is 19.0 Å². The van der Waals surface area contributed by atoms with E-state index in [1.165, 1.54) is 0 Å². The van der Waals surface area contributed by atoms with Crippen LogP contribution in [0.15, 0.2) is 48.5 Å². The van der Waals surface area contributed by atoms with Crippen molar-refractivity contribution in [1.29, 1.82) is 10.5 Å². The number of benzene rings is 2. The summed E-state index contributed by atoms with van der Waals surface area (Å²) in [6, 6.07) is 20.1. The molecule has 24 heavy (non-hydrogen) atoms. The first-order chi connectivity index (χ1) is 11.6. The van der Waals surface area contributed by atoms with Gasteiger partial charge in [-0.05, 0) is 29.8 Å². The summed E-state index contributed by atoms with van der Waals surface area (Å²) in [6.07, 6.45) is 2.04. The van der Waals surface area contributed by atoms with E-state index in [1.54, 1.807) is 11.3 Å². The second-order valence-corrected chi connectivity index (χ2v) is 6.65. The van der Waals surface area contributed by atoms with Crippen molar-refractivity contribution >= 4 is 38.8 Å². The van der Waals surface area contributed by atoms with Gasteiger partial charge in [0, 0.05) is 39.6 Å². The van der Waals surface area contributed by atoms with Crippen molar-refractivity contribution < 1.29 is 0 Å². The molecule has 0 N–H and O–H groups in total. The Balaban J connectivity index is 2.31. The molecular formula is C20H15N3S. The van der Waals surface area contributed by atoms with E-state index < -0.39 is 0 Å². The number of rotatable bonds is 2. The van der Waals surface area contributed by atoms with Crippen LogP contribution in [0.1, 0.15) is 5.56 Å². The molecule has 0 aliphatic carbocycles. The molecule has 4 heteroatoms. The average molecular weight is 329 g/mol. The molecule has 0 saturated heterocycles. The lowest BCUT2D eigenvalue weighted by molar-refractivity contribution is 1.13. The van der Waals surface area contributed by atoms with Crippen molar-refractivity contribution in [1.82, 2.24) is 0 Å². The second kappa shape index (κ2) is 6.58. The standard InChI is InChI=1S/C20H15N3S/c1-23(2)16-9-7-14(8-10-16)11-19-20(15(12-21)13-22)17-5-3-4-6-18(17)24-19/h3-11H,1-2H3/b19-11+. The summed E-state index contributed by atoms with van der Waals surface area (Å²) < 4.78 is 2.01. The summed E-state index contributed by atoms with van der Waals surface area (Å²) in [5.74, 6) is 0. The van der Waals surface area contributed by atoms with Crippen molar-refractivity contribution in [3.63, 3.8) is 0 Å². The normalized spacial score (nSPS) is 11.1. The Hall–Kier alpha value is -3.08. The first-order valence-electron chi connectivity index (χ1n) is 7.45. The van der Waals surface area contributed by atoms with Crippen LogP contribution in [-0.2, 0) is 0 Å². The van der Waals surface area contributed by atoms with E-state index in [2.05, 4.69) is 12.1 Å². The maximum absolute atomic E-state index is 9.32. The van der Waals surface area contributed by atoms with E-state index in [-0.39, 0.29) is 5.57 Å². The van der Waals surface area contributed by atoms with Crippen molar-refractivity contribution in [3.8, 4) is 12.1 Å². The first-order valence-corrected chi connectivity index (χ1v) is 8.27. The van der Waals surface area contributed by atoms with Crippen LogP contribution in [0.25, 0.3) is 21.7 Å². The third-order valence-corrected chi connectivity index (χ3v) is 4.92. The highest BCUT2D eigenvalue weighted by Gasteiger charge is 2.06. The summed E-state index contributed by atoms with van der Waals surface area (Å²) >= 11 is 1.60. The number of fused-ring (bicyclic) bond motifs is 1. The molecule has 3 aromatic rings. The van der Waals surface area contributed by atoms with E-state index in [0.717, 1.165) is 31.1 Å². The van der Waals surface area contributed by atoms with Gasteiger partial charge in [-0.15, -0.1) is 11.3 Å². The van der Waals surface area contributed by atoms with Gasteiger partial charge in [0.15, 0.2) is 0 Å². The summed E-state index contributed by atoms with van der Waals surface area (Å²) in [5, 5.41) is 20.3. The maximum Gasteiger partial charge on any atom is 0.138 e. The quantitative estimate of drug-likeness (QED) is 0.726. The number of nitriles is 2. The van der Waals surface area contributed by atoms with Crippen LogP contribution >= 0.6 is 11.3 Å². The summed E-state index contributed by atoms with van der Waals surface area (Å²) in [5.41, 5.74) is 2.33. The molecule has 116 valence electrons. The van der Waals surface area contributed by atoms with Gasteiger partial charge in [0.05, 0.1) is 0 Å². The Labute approximate surface area is 144 Å². The fourth-order valence-corrected chi connectivity index (χ4v) is 3.75. The molecular weight excluding hydrogens is 314 g/mol. The molecule has 3 nitrogen and oxygen atoms in total. The van der Waals surface area contributed by atoms with Crippen LogP contribution in [0, 0.1) is 22.7 Å². The van der Waals surface area contributed by atoms with Crippen LogP contribution in [0.5, 0.6) is 0 Å². The van der Waals surface area contributed by atoms with E-state index in [0.29, 0.717) is 0 Å². The molecule has 0 bridgehead atoms. The zero-order valence-corrected chi connectivity index (χ0v) is 14.3. The average Bonchev–Trinajstić information content (AvgIpc) is 2.95.